The first kappa shape index (κ1) is 35.6. The van der Waals surface area contributed by atoms with Crippen LogP contribution in [-0.2, 0) is 24.7 Å². The van der Waals surface area contributed by atoms with Crippen LogP contribution in [0.5, 0.6) is 23.0 Å². The minimum atomic E-state index is -5.39. The van der Waals surface area contributed by atoms with Gasteiger partial charge < -0.3 is 20.9 Å². The molecule has 0 amide bonds. The van der Waals surface area contributed by atoms with Gasteiger partial charge in [0.2, 0.25) is 0 Å². The molecule has 0 radical (unpaired) electrons. The van der Waals surface area contributed by atoms with Crippen LogP contribution < -0.4 is 20.9 Å². The summed E-state index contributed by atoms with van der Waals surface area (Å²) in [6.45, 7) is 0. The van der Waals surface area contributed by atoms with E-state index in [4.69, 9.17) is 20.9 Å². The molecule has 1 heterocycles. The number of hydrogen-bond acceptors (Lipinski definition) is 7. The van der Waals surface area contributed by atoms with Gasteiger partial charge in [-0.25, -0.2) is 15.0 Å². The van der Waals surface area contributed by atoms with E-state index in [-0.39, 0.29) is 41.5 Å². The van der Waals surface area contributed by atoms with Crippen LogP contribution in [0.4, 0.5) is 64.1 Å². The number of halogens is 12. The predicted octanol–water partition coefficient (Wildman–Crippen LogP) is 10.0. The van der Waals surface area contributed by atoms with E-state index in [0.717, 1.165) is 24.5 Å². The molecule has 262 valence electrons. The molecular weight excluding hydrogens is 702 g/mol. The van der Waals surface area contributed by atoms with Crippen LogP contribution >= 0.6 is 0 Å². The van der Waals surface area contributed by atoms with Crippen LogP contribution in [0.3, 0.4) is 0 Å². The summed E-state index contributed by atoms with van der Waals surface area (Å²) in [6, 6.07) is 11.7. The van der Waals surface area contributed by atoms with Crippen LogP contribution in [-0.4, -0.2) is 15.0 Å². The highest BCUT2D eigenvalue weighted by molar-refractivity contribution is 5.69. The second-order valence-electron chi connectivity index (χ2n) is 10.2. The molecule has 0 aliphatic carbocycles. The van der Waals surface area contributed by atoms with Crippen molar-refractivity contribution in [3.63, 3.8) is 0 Å². The summed E-state index contributed by atoms with van der Waals surface area (Å²) in [7, 11) is 0. The summed E-state index contributed by atoms with van der Waals surface area (Å²) in [6.07, 6.45) is -20.5. The molecule has 0 unspecified atom stereocenters. The molecule has 1 aromatic heterocycles. The molecule has 4 aromatic carbocycles. The normalized spacial score (nSPS) is 12.6. The minimum Gasteiger partial charge on any atom is -0.457 e. The number of alkyl halides is 12. The Morgan fingerprint density at radius 1 is 0.480 bits per heavy atom. The molecular formula is C31H17F12N5O2. The van der Waals surface area contributed by atoms with E-state index in [2.05, 4.69) is 15.0 Å². The molecule has 19 heteroatoms. The van der Waals surface area contributed by atoms with Gasteiger partial charge in [0.15, 0.2) is 11.6 Å². The standard InChI is InChI=1S/C31H17F12N5O2/c32-28(33,34)19-8-16(9-20(24(19)44)29(35,36)37)49-15-6-7-18(27-47-13-46-26(48-27)14-4-2-1-3-5-14)23(12-15)50-17-10-21(30(38,39)40)25(45)22(11-17)31(41,42)43/h1-13H,44-45H2. The summed E-state index contributed by atoms with van der Waals surface area (Å²) in [5, 5.41) is 0. The van der Waals surface area contributed by atoms with Crippen LogP contribution in [0.2, 0.25) is 0 Å². The number of aromatic nitrogens is 3. The maximum atomic E-state index is 13.7. The number of rotatable bonds is 6. The van der Waals surface area contributed by atoms with Crippen molar-refractivity contribution in [3.8, 4) is 45.8 Å². The van der Waals surface area contributed by atoms with E-state index in [1.165, 1.54) is 0 Å². The van der Waals surface area contributed by atoms with Gasteiger partial charge in [-0.1, -0.05) is 30.3 Å². The molecule has 0 saturated carbocycles. The van der Waals surface area contributed by atoms with Crippen LogP contribution in [0.25, 0.3) is 22.8 Å². The second kappa shape index (κ2) is 12.6. The van der Waals surface area contributed by atoms with Crippen molar-refractivity contribution in [2.75, 3.05) is 11.5 Å². The van der Waals surface area contributed by atoms with Gasteiger partial charge in [-0.3, -0.25) is 0 Å². The van der Waals surface area contributed by atoms with Gasteiger partial charge in [0, 0.05) is 11.6 Å². The molecule has 0 fully saturated rings. The van der Waals surface area contributed by atoms with Crippen molar-refractivity contribution in [2.24, 2.45) is 0 Å². The average molecular weight is 719 g/mol. The summed E-state index contributed by atoms with van der Waals surface area (Å²) in [4.78, 5) is 12.3. The number of anilines is 2. The predicted molar refractivity (Wildman–Crippen MR) is 153 cm³/mol. The first-order valence-corrected chi connectivity index (χ1v) is 13.5. The summed E-state index contributed by atoms with van der Waals surface area (Å²) >= 11 is 0. The number of nitrogens with zero attached hydrogens (tertiary/aromatic N) is 3. The SMILES string of the molecule is Nc1c(C(F)(F)F)cc(Oc2ccc(-c3ncnc(-c4ccccc4)n3)c(Oc3cc(C(F)(F)F)c(N)c(C(F)(F)F)c3)c2)cc1C(F)(F)F. The molecule has 50 heavy (non-hydrogen) atoms. The third-order valence-electron chi connectivity index (χ3n) is 6.79. The number of ether oxygens (including phenoxy) is 2. The lowest BCUT2D eigenvalue weighted by Crippen LogP contribution is -2.16. The van der Waals surface area contributed by atoms with Gasteiger partial charge in [-0.05, 0) is 36.4 Å². The van der Waals surface area contributed by atoms with Crippen LogP contribution in [0.1, 0.15) is 22.3 Å². The molecule has 5 aromatic rings. The van der Waals surface area contributed by atoms with Crippen molar-refractivity contribution in [3.05, 3.63) is 101 Å². The fraction of sp³-hybridized carbons (Fsp3) is 0.129. The highest BCUT2D eigenvalue weighted by Crippen LogP contribution is 2.47. The summed E-state index contributed by atoms with van der Waals surface area (Å²) < 4.78 is 175. The smallest absolute Gasteiger partial charge is 0.418 e. The molecule has 0 bridgehead atoms. The maximum absolute atomic E-state index is 13.7. The highest BCUT2D eigenvalue weighted by Gasteiger charge is 2.42. The fourth-order valence-electron chi connectivity index (χ4n) is 4.56. The van der Waals surface area contributed by atoms with E-state index >= 15 is 0 Å². The van der Waals surface area contributed by atoms with Gasteiger partial charge in [0.05, 0.1) is 39.2 Å². The van der Waals surface area contributed by atoms with Crippen molar-refractivity contribution in [1.29, 1.82) is 0 Å². The number of nitrogens with two attached hydrogens (primary N) is 2. The molecule has 4 N–H and O–H groups in total. The van der Waals surface area contributed by atoms with E-state index in [1.807, 2.05) is 0 Å². The van der Waals surface area contributed by atoms with Crippen molar-refractivity contribution in [1.82, 2.24) is 15.0 Å². The molecule has 5 rings (SSSR count). The third kappa shape index (κ3) is 7.60. The largest absolute Gasteiger partial charge is 0.457 e. The zero-order valence-corrected chi connectivity index (χ0v) is 24.4. The first-order valence-electron chi connectivity index (χ1n) is 13.5. The highest BCUT2D eigenvalue weighted by atomic mass is 19.4. The van der Waals surface area contributed by atoms with Gasteiger partial charge in [-0.2, -0.15) is 52.7 Å². The van der Waals surface area contributed by atoms with Gasteiger partial charge in [0.25, 0.3) is 0 Å². The van der Waals surface area contributed by atoms with Crippen LogP contribution in [0, 0.1) is 0 Å². The van der Waals surface area contributed by atoms with E-state index in [0.29, 0.717) is 5.56 Å². The van der Waals surface area contributed by atoms with Crippen molar-refractivity contribution in [2.45, 2.75) is 24.7 Å². The zero-order valence-electron chi connectivity index (χ0n) is 24.4. The minimum absolute atomic E-state index is 0.0642. The van der Waals surface area contributed by atoms with E-state index in [1.54, 1.807) is 30.3 Å². The Morgan fingerprint density at radius 3 is 1.38 bits per heavy atom. The topological polar surface area (TPSA) is 109 Å². The van der Waals surface area contributed by atoms with Crippen molar-refractivity contribution >= 4 is 11.4 Å². The zero-order chi connectivity index (χ0) is 36.8. The Morgan fingerprint density at radius 2 is 0.920 bits per heavy atom. The number of nitrogen functional groups attached to an aromatic ring is 2. The van der Waals surface area contributed by atoms with Crippen molar-refractivity contribution < 1.29 is 62.2 Å². The lowest BCUT2D eigenvalue weighted by molar-refractivity contribution is -0.143. The Balaban J connectivity index is 1.68. The monoisotopic (exact) mass is 719 g/mol. The molecule has 0 spiro atoms. The van der Waals surface area contributed by atoms with Gasteiger partial charge >= 0.3 is 24.7 Å². The Bertz CT molecular complexity index is 1970. The third-order valence-corrected chi connectivity index (χ3v) is 6.79. The van der Waals surface area contributed by atoms with Crippen LogP contribution in [0.15, 0.2) is 79.1 Å². The molecule has 0 aliphatic rings. The second-order valence-corrected chi connectivity index (χ2v) is 10.2. The van der Waals surface area contributed by atoms with Gasteiger partial charge in [0.1, 0.15) is 29.3 Å². The Labute approximate surface area is 272 Å². The molecule has 0 atom stereocenters. The lowest BCUT2D eigenvalue weighted by Gasteiger charge is -2.20. The number of hydrogen-bond donors (Lipinski definition) is 2. The van der Waals surface area contributed by atoms with E-state index in [9.17, 15) is 52.7 Å². The summed E-state index contributed by atoms with van der Waals surface area (Å²) in [5.41, 5.74) is -0.290. The average Bonchev–Trinajstić information content (AvgIpc) is 3.01. The quantitative estimate of drug-likeness (QED) is 0.133. The van der Waals surface area contributed by atoms with Gasteiger partial charge in [-0.15, -0.1) is 0 Å². The fourth-order valence-corrected chi connectivity index (χ4v) is 4.56. The molecule has 7 nitrogen and oxygen atoms in total. The first-order chi connectivity index (χ1) is 23.1. The Hall–Kier alpha value is -5.75. The maximum Gasteiger partial charge on any atom is 0.418 e. The number of benzene rings is 4. The van der Waals surface area contributed by atoms with E-state index < -0.39 is 81.3 Å². The molecule has 0 aliphatic heterocycles. The Kier molecular flexibility index (Phi) is 8.97. The molecule has 0 saturated heterocycles. The summed E-state index contributed by atoms with van der Waals surface area (Å²) in [5.74, 6) is -3.50. The lowest BCUT2D eigenvalue weighted by atomic mass is 10.1.